The number of nitrogens with one attached hydrogen (secondary N) is 3. The van der Waals surface area contributed by atoms with E-state index in [1.807, 2.05) is 36.4 Å². The Morgan fingerprint density at radius 2 is 1.82 bits per heavy atom. The SMILES string of the molecule is C=C[C@@H]1C[C@]1(NC(=O)[C@@H]1C[C@@H](Oc2nccc3cc(OC)ccc23)CN1C(=O)C(NC(=O)OC(C)(C)C)[C@H](C)OCc1ccccc1)C(=O)NS(=O)(=O)C1CC1. The van der Waals surface area contributed by atoms with Crippen LogP contribution in [0.1, 0.15) is 58.9 Å². The van der Waals surface area contributed by atoms with Crippen molar-refractivity contribution in [3.8, 4) is 11.6 Å². The largest absolute Gasteiger partial charge is 0.497 e. The Labute approximate surface area is 326 Å². The first-order valence-electron chi connectivity index (χ1n) is 18.6. The Hall–Kier alpha value is -5.22. The summed E-state index contributed by atoms with van der Waals surface area (Å²) in [5.41, 5.74) is -1.64. The molecule has 2 aliphatic carbocycles. The number of nitrogens with zero attached hydrogens (tertiary/aromatic N) is 2. The van der Waals surface area contributed by atoms with Gasteiger partial charge in [-0.15, -0.1) is 6.58 Å². The summed E-state index contributed by atoms with van der Waals surface area (Å²) in [6.07, 6.45) is 1.49. The van der Waals surface area contributed by atoms with Crippen molar-refractivity contribution in [1.82, 2.24) is 25.2 Å². The minimum Gasteiger partial charge on any atom is -0.497 e. The number of ether oxygens (including phenoxy) is 4. The first-order chi connectivity index (χ1) is 26.5. The molecule has 3 N–H and O–H groups in total. The van der Waals surface area contributed by atoms with Crippen LogP contribution in [-0.2, 0) is 40.5 Å². The van der Waals surface area contributed by atoms with E-state index in [4.69, 9.17) is 18.9 Å². The number of carbonyl (C=O) groups excluding carboxylic acids is 4. The van der Waals surface area contributed by atoms with Crippen LogP contribution >= 0.6 is 0 Å². The molecule has 1 aromatic heterocycles. The Morgan fingerprint density at radius 3 is 2.46 bits per heavy atom. The van der Waals surface area contributed by atoms with Gasteiger partial charge in [-0.05, 0) is 82.2 Å². The minimum atomic E-state index is -3.93. The van der Waals surface area contributed by atoms with E-state index in [2.05, 4.69) is 26.9 Å². The number of benzene rings is 2. The topological polar surface area (TPSA) is 192 Å². The van der Waals surface area contributed by atoms with Gasteiger partial charge in [0.2, 0.25) is 27.7 Å². The highest BCUT2D eigenvalue weighted by Gasteiger charge is 2.62. The number of fused-ring (bicyclic) bond motifs is 1. The Bertz CT molecular complexity index is 2090. The molecular formula is C40H49N5O10S. The first-order valence-corrected chi connectivity index (χ1v) is 20.1. The lowest BCUT2D eigenvalue weighted by Gasteiger charge is -2.32. The molecule has 3 fully saturated rings. The predicted molar refractivity (Wildman–Crippen MR) is 206 cm³/mol. The number of methoxy groups -OCH3 is 1. The molecule has 1 unspecified atom stereocenters. The molecule has 15 nitrogen and oxygen atoms in total. The van der Waals surface area contributed by atoms with Gasteiger partial charge in [-0.1, -0.05) is 36.4 Å². The van der Waals surface area contributed by atoms with Crippen molar-refractivity contribution in [2.24, 2.45) is 5.92 Å². The van der Waals surface area contributed by atoms with Crippen LogP contribution in [0, 0.1) is 5.92 Å². The monoisotopic (exact) mass is 791 g/mol. The fourth-order valence-corrected chi connectivity index (χ4v) is 8.16. The molecule has 6 atom stereocenters. The molecule has 3 aliphatic rings. The Kier molecular flexibility index (Phi) is 11.6. The second-order valence-corrected chi connectivity index (χ2v) is 17.5. The summed E-state index contributed by atoms with van der Waals surface area (Å²) in [5, 5.41) is 6.25. The van der Waals surface area contributed by atoms with Crippen LogP contribution in [0.25, 0.3) is 10.8 Å². The maximum absolute atomic E-state index is 14.7. The van der Waals surface area contributed by atoms with Gasteiger partial charge in [-0.3, -0.25) is 19.1 Å². The van der Waals surface area contributed by atoms with E-state index in [1.54, 1.807) is 59.2 Å². The molecule has 2 saturated carbocycles. The average molecular weight is 792 g/mol. The fourth-order valence-electron chi connectivity index (χ4n) is 6.79. The number of hydrogen-bond donors (Lipinski definition) is 3. The van der Waals surface area contributed by atoms with Gasteiger partial charge in [-0.25, -0.2) is 18.2 Å². The van der Waals surface area contributed by atoms with Gasteiger partial charge in [0.15, 0.2) is 0 Å². The van der Waals surface area contributed by atoms with E-state index < -0.39 is 80.4 Å². The molecule has 1 aliphatic heterocycles. The summed E-state index contributed by atoms with van der Waals surface area (Å²) in [4.78, 5) is 61.6. The summed E-state index contributed by atoms with van der Waals surface area (Å²) in [5.74, 6) is -1.89. The number of likely N-dealkylation sites (tertiary alicyclic amines) is 1. The number of aromatic nitrogens is 1. The second kappa shape index (κ2) is 16.1. The molecular weight excluding hydrogens is 743 g/mol. The summed E-state index contributed by atoms with van der Waals surface area (Å²) in [7, 11) is -2.37. The van der Waals surface area contributed by atoms with Crippen molar-refractivity contribution in [3.63, 3.8) is 0 Å². The van der Waals surface area contributed by atoms with Crippen LogP contribution in [0.3, 0.4) is 0 Å². The molecule has 6 rings (SSSR count). The number of alkyl carbamates (subject to hydrolysis) is 1. The molecule has 0 bridgehead atoms. The lowest BCUT2D eigenvalue weighted by Crippen LogP contribution is -2.60. The number of pyridine rings is 1. The first kappa shape index (κ1) is 40.4. The maximum atomic E-state index is 14.7. The minimum absolute atomic E-state index is 0.0268. The van der Waals surface area contributed by atoms with Crippen LogP contribution in [-0.4, -0.2) is 96.5 Å². The highest BCUT2D eigenvalue weighted by Crippen LogP contribution is 2.45. The Balaban J connectivity index is 1.30. The van der Waals surface area contributed by atoms with Crippen LogP contribution in [0.2, 0.25) is 0 Å². The Morgan fingerprint density at radius 1 is 1.09 bits per heavy atom. The molecule has 56 heavy (non-hydrogen) atoms. The zero-order valence-electron chi connectivity index (χ0n) is 32.1. The van der Waals surface area contributed by atoms with Crippen molar-refractivity contribution >= 4 is 44.6 Å². The van der Waals surface area contributed by atoms with Gasteiger partial charge in [0.1, 0.15) is 35.1 Å². The number of sulfonamides is 1. The zero-order valence-corrected chi connectivity index (χ0v) is 33.0. The summed E-state index contributed by atoms with van der Waals surface area (Å²) in [6, 6.07) is 13.9. The van der Waals surface area contributed by atoms with Crippen molar-refractivity contribution in [2.45, 2.75) is 101 Å². The van der Waals surface area contributed by atoms with Crippen molar-refractivity contribution < 1.29 is 46.5 Å². The van der Waals surface area contributed by atoms with Gasteiger partial charge in [0.25, 0.3) is 5.91 Å². The quantitative estimate of drug-likeness (QED) is 0.190. The molecule has 300 valence electrons. The standard InChI is InChI=1S/C40H49N5O10S/c1-7-27-21-40(27,37(48)44-56(50,51)30-14-15-30)43-34(46)32-20-29(54-35-31-16-13-28(52-6)19-26(31)17-18-41-35)22-45(32)36(47)33(42-38(49)55-39(3,4)5)24(2)53-23-25-11-9-8-10-12-25/h7-13,16-19,24,27,29-30,32-33H,1,14-15,20-23H2,2-6H3,(H,42,49)(H,43,46)(H,44,48)/t24-,27+,29+,32-,33?,40+/m0/s1. The smallest absolute Gasteiger partial charge is 0.408 e. The second-order valence-electron chi connectivity index (χ2n) is 15.5. The van der Waals surface area contributed by atoms with Crippen molar-refractivity contribution in [3.05, 3.63) is 79.0 Å². The highest BCUT2D eigenvalue weighted by atomic mass is 32.2. The molecule has 3 aromatic rings. The average Bonchev–Trinajstić information content (AvgIpc) is 4.09. The van der Waals surface area contributed by atoms with Crippen LogP contribution in [0.15, 0.2) is 73.4 Å². The van der Waals surface area contributed by atoms with Gasteiger partial charge in [0, 0.05) is 23.9 Å². The van der Waals surface area contributed by atoms with E-state index in [0.29, 0.717) is 24.0 Å². The van der Waals surface area contributed by atoms with Gasteiger partial charge >= 0.3 is 6.09 Å². The van der Waals surface area contributed by atoms with E-state index in [9.17, 15) is 27.6 Å². The summed E-state index contributed by atoms with van der Waals surface area (Å²) in [6.45, 7) is 10.5. The van der Waals surface area contributed by atoms with Gasteiger partial charge in [0.05, 0.1) is 31.6 Å². The lowest BCUT2D eigenvalue weighted by molar-refractivity contribution is -0.144. The number of rotatable bonds is 15. The van der Waals surface area contributed by atoms with Crippen LogP contribution < -0.4 is 24.8 Å². The number of amides is 4. The highest BCUT2D eigenvalue weighted by molar-refractivity contribution is 7.91. The van der Waals surface area contributed by atoms with Crippen LogP contribution in [0.4, 0.5) is 4.79 Å². The van der Waals surface area contributed by atoms with E-state index in [-0.39, 0.29) is 31.9 Å². The molecule has 2 heterocycles. The molecule has 4 amide bonds. The normalized spacial score (nSPS) is 23.0. The molecule has 0 spiro atoms. The third kappa shape index (κ3) is 9.24. The molecule has 2 aromatic carbocycles. The fraction of sp³-hybridized carbons (Fsp3) is 0.475. The molecule has 0 radical (unpaired) electrons. The third-order valence-electron chi connectivity index (χ3n) is 10.1. The van der Waals surface area contributed by atoms with Gasteiger partial charge in [-0.2, -0.15) is 0 Å². The van der Waals surface area contributed by atoms with Crippen LogP contribution in [0.5, 0.6) is 11.6 Å². The van der Waals surface area contributed by atoms with E-state index in [1.165, 1.54) is 11.0 Å². The summed E-state index contributed by atoms with van der Waals surface area (Å²) >= 11 is 0. The lowest BCUT2D eigenvalue weighted by atomic mass is 10.1. The maximum Gasteiger partial charge on any atom is 0.408 e. The summed E-state index contributed by atoms with van der Waals surface area (Å²) < 4.78 is 51.1. The predicted octanol–water partition coefficient (Wildman–Crippen LogP) is 3.76. The van der Waals surface area contributed by atoms with E-state index in [0.717, 1.165) is 10.9 Å². The number of carbonyl (C=O) groups is 4. The molecule has 1 saturated heterocycles. The zero-order chi connectivity index (χ0) is 40.4. The van der Waals surface area contributed by atoms with E-state index >= 15 is 0 Å². The molecule has 16 heteroatoms. The van der Waals surface area contributed by atoms with Gasteiger partial charge < -0.3 is 34.5 Å². The third-order valence-corrected chi connectivity index (χ3v) is 11.9. The van der Waals surface area contributed by atoms with Crippen molar-refractivity contribution in [2.75, 3.05) is 13.7 Å². The van der Waals surface area contributed by atoms with Crippen molar-refractivity contribution in [1.29, 1.82) is 0 Å². The number of hydrogen-bond acceptors (Lipinski definition) is 11.